The van der Waals surface area contributed by atoms with Crippen LogP contribution >= 0.6 is 16.1 Å². The fourth-order valence-corrected chi connectivity index (χ4v) is 1.27. The molecule has 2 atom stereocenters. The summed E-state index contributed by atoms with van der Waals surface area (Å²) >= 11 is 0. The lowest BCUT2D eigenvalue weighted by molar-refractivity contribution is -0.0715. The van der Waals surface area contributed by atoms with Gasteiger partial charge in [-0.05, 0) is 13.8 Å². The molecule has 0 radical (unpaired) electrons. The lowest BCUT2D eigenvalue weighted by Crippen LogP contribution is -2.12. The maximum Gasteiger partial charge on any atom is 0.529 e. The number of ether oxygens (including phenoxy) is 1. The number of hydrogen-bond acceptors (Lipinski definition) is 5. The number of hydrogen-bond donors (Lipinski definition) is 3. The summed E-state index contributed by atoms with van der Waals surface area (Å²) in [5.41, 5.74) is 0.790. The zero-order chi connectivity index (χ0) is 14.8. The highest BCUT2D eigenvalue weighted by molar-refractivity contribution is 7.47. The van der Waals surface area contributed by atoms with E-state index in [0.29, 0.717) is 0 Å². The van der Waals surface area contributed by atoms with Gasteiger partial charge in [-0.15, -0.1) is 0 Å². The standard InChI is InChI=1S/C8H15O5P.H3O3P/c1-5-12-14(9,10)13-8(4)11-6-7(2)3;1-4(2)3/h5,8H,1-2,6H2,3-4H3,(H,9,10);4H,(H2,1,2,3). The van der Waals surface area contributed by atoms with Crippen LogP contribution in [0.1, 0.15) is 13.8 Å². The van der Waals surface area contributed by atoms with Crippen molar-refractivity contribution >= 4 is 16.1 Å². The first-order chi connectivity index (χ1) is 8.10. The van der Waals surface area contributed by atoms with Crippen molar-refractivity contribution in [3.05, 3.63) is 25.0 Å². The summed E-state index contributed by atoms with van der Waals surface area (Å²) < 4.78 is 33.6. The summed E-state index contributed by atoms with van der Waals surface area (Å²) in [7, 11) is -7.21. The molecule has 0 rings (SSSR count). The van der Waals surface area contributed by atoms with Crippen molar-refractivity contribution in [3.63, 3.8) is 0 Å². The maximum atomic E-state index is 11.0. The molecule has 0 amide bonds. The molecule has 0 saturated heterocycles. The molecule has 3 N–H and O–H groups in total. The first kappa shape index (κ1) is 19.9. The van der Waals surface area contributed by atoms with Crippen molar-refractivity contribution in [1.82, 2.24) is 0 Å². The van der Waals surface area contributed by atoms with Crippen LogP contribution in [0, 0.1) is 0 Å². The molecule has 0 fully saturated rings. The zero-order valence-corrected chi connectivity index (χ0v) is 12.0. The van der Waals surface area contributed by atoms with Crippen molar-refractivity contribution in [2.24, 2.45) is 0 Å². The highest BCUT2D eigenvalue weighted by Crippen LogP contribution is 2.44. The zero-order valence-electron chi connectivity index (χ0n) is 10.1. The Labute approximate surface area is 106 Å². The second-order valence-electron chi connectivity index (χ2n) is 2.96. The van der Waals surface area contributed by atoms with Gasteiger partial charge in [0.2, 0.25) is 0 Å². The van der Waals surface area contributed by atoms with E-state index in [2.05, 4.69) is 22.2 Å². The molecule has 0 aromatic carbocycles. The van der Waals surface area contributed by atoms with Gasteiger partial charge in [0, 0.05) is 0 Å². The third kappa shape index (κ3) is 17.9. The summed E-state index contributed by atoms with van der Waals surface area (Å²) in [6.45, 7) is 10.3. The molecule has 18 heavy (non-hydrogen) atoms. The van der Waals surface area contributed by atoms with Crippen molar-refractivity contribution in [2.75, 3.05) is 6.61 Å². The van der Waals surface area contributed by atoms with E-state index in [1.807, 2.05) is 0 Å². The maximum absolute atomic E-state index is 11.0. The first-order valence-corrected chi connectivity index (χ1v) is 7.39. The van der Waals surface area contributed by atoms with Crippen molar-refractivity contribution < 1.29 is 37.6 Å². The second kappa shape index (κ2) is 10.5. The molecule has 0 aliphatic rings. The molecule has 108 valence electrons. The largest absolute Gasteiger partial charge is 0.529 e. The highest BCUT2D eigenvalue weighted by Gasteiger charge is 2.24. The van der Waals surface area contributed by atoms with Crippen LogP contribution < -0.4 is 0 Å². The molecule has 2 unspecified atom stereocenters. The number of phosphoric acid groups is 1. The van der Waals surface area contributed by atoms with Gasteiger partial charge in [-0.3, -0.25) is 9.46 Å². The average molecular weight is 304 g/mol. The minimum atomic E-state index is -4.08. The normalized spacial score (nSPS) is 15.0. The topological polar surface area (TPSA) is 123 Å². The summed E-state index contributed by atoms with van der Waals surface area (Å²) in [6.07, 6.45) is -0.00539. The molecule has 0 bridgehead atoms. The average Bonchev–Trinajstić information content (AvgIpc) is 2.12. The third-order valence-corrected chi connectivity index (χ3v) is 2.03. The molecular weight excluding hydrogens is 286 g/mol. The van der Waals surface area contributed by atoms with Crippen LogP contribution in [-0.2, 0) is 22.9 Å². The van der Waals surface area contributed by atoms with E-state index in [-0.39, 0.29) is 6.61 Å². The highest BCUT2D eigenvalue weighted by atomic mass is 31.2. The summed E-state index contributed by atoms with van der Waals surface area (Å²) in [5, 5.41) is 0. The molecule has 0 aromatic heterocycles. The fraction of sp³-hybridized carbons (Fsp3) is 0.500. The summed E-state index contributed by atoms with van der Waals surface area (Å²) in [6, 6.07) is 0. The Kier molecular flexibility index (Phi) is 11.5. The first-order valence-electron chi connectivity index (χ1n) is 4.59. The Morgan fingerprint density at radius 3 is 2.33 bits per heavy atom. The molecule has 8 nitrogen and oxygen atoms in total. The lowest BCUT2D eigenvalue weighted by Gasteiger charge is -2.16. The van der Waals surface area contributed by atoms with Crippen LogP contribution in [0.2, 0.25) is 0 Å². The predicted molar refractivity (Wildman–Crippen MR) is 65.9 cm³/mol. The van der Waals surface area contributed by atoms with Crippen LogP contribution in [0.4, 0.5) is 0 Å². The Bertz CT molecular complexity index is 325. The van der Waals surface area contributed by atoms with E-state index in [4.69, 9.17) is 24.0 Å². The van der Waals surface area contributed by atoms with Gasteiger partial charge in [0.15, 0.2) is 6.29 Å². The molecule has 0 saturated carbocycles. The molecule has 0 aliphatic carbocycles. The Morgan fingerprint density at radius 2 is 2.00 bits per heavy atom. The van der Waals surface area contributed by atoms with Gasteiger partial charge in [-0.2, -0.15) is 0 Å². The van der Waals surface area contributed by atoms with Crippen molar-refractivity contribution in [1.29, 1.82) is 0 Å². The molecule has 10 heteroatoms. The minimum absolute atomic E-state index is 0.259. The van der Waals surface area contributed by atoms with E-state index in [0.717, 1.165) is 11.8 Å². The minimum Gasteiger partial charge on any atom is -0.413 e. The Hall–Kier alpha value is -0.460. The van der Waals surface area contributed by atoms with E-state index >= 15 is 0 Å². The Morgan fingerprint density at radius 1 is 1.56 bits per heavy atom. The van der Waals surface area contributed by atoms with Crippen LogP contribution in [0.3, 0.4) is 0 Å². The summed E-state index contributed by atoms with van der Waals surface area (Å²) in [4.78, 5) is 23.3. The van der Waals surface area contributed by atoms with Crippen LogP contribution in [0.15, 0.2) is 25.0 Å². The summed E-state index contributed by atoms with van der Waals surface area (Å²) in [5.74, 6) is 0. The van der Waals surface area contributed by atoms with Crippen LogP contribution in [-0.4, -0.2) is 27.6 Å². The van der Waals surface area contributed by atoms with Gasteiger partial charge in [-0.1, -0.05) is 18.7 Å². The SMILES string of the molecule is C=COP(=O)(O)OC(C)OCC(=C)C.O=[PH](O)O. The molecule has 0 aromatic rings. The third-order valence-electron chi connectivity index (χ3n) is 1.05. The van der Waals surface area contributed by atoms with Gasteiger partial charge in [0.25, 0.3) is 0 Å². The molecule has 0 spiro atoms. The molecule has 0 heterocycles. The predicted octanol–water partition coefficient (Wildman–Crippen LogP) is 1.56. The number of phosphoric ester groups is 1. The van der Waals surface area contributed by atoms with E-state index in [1.54, 1.807) is 6.92 Å². The molecular formula is C8H18O8P2. The van der Waals surface area contributed by atoms with Crippen molar-refractivity contribution in [3.8, 4) is 0 Å². The van der Waals surface area contributed by atoms with E-state index < -0.39 is 22.4 Å². The lowest BCUT2D eigenvalue weighted by atomic mass is 10.4. The van der Waals surface area contributed by atoms with Crippen molar-refractivity contribution in [2.45, 2.75) is 20.1 Å². The van der Waals surface area contributed by atoms with Crippen LogP contribution in [0.25, 0.3) is 0 Å². The van der Waals surface area contributed by atoms with Gasteiger partial charge < -0.3 is 19.0 Å². The van der Waals surface area contributed by atoms with Gasteiger partial charge in [0.05, 0.1) is 12.9 Å². The van der Waals surface area contributed by atoms with Gasteiger partial charge >= 0.3 is 16.1 Å². The fourth-order valence-electron chi connectivity index (χ4n) is 0.597. The molecule has 0 aliphatic heterocycles. The monoisotopic (exact) mass is 304 g/mol. The number of rotatable bonds is 7. The Balaban J connectivity index is 0. The van der Waals surface area contributed by atoms with E-state index in [1.165, 1.54) is 6.92 Å². The second-order valence-corrected chi connectivity index (χ2v) is 4.89. The van der Waals surface area contributed by atoms with Crippen LogP contribution in [0.5, 0.6) is 0 Å². The smallest absolute Gasteiger partial charge is 0.413 e. The van der Waals surface area contributed by atoms with E-state index in [9.17, 15) is 4.57 Å². The quantitative estimate of drug-likeness (QED) is 0.280. The van der Waals surface area contributed by atoms with Gasteiger partial charge in [-0.25, -0.2) is 9.09 Å². The van der Waals surface area contributed by atoms with Gasteiger partial charge in [0.1, 0.15) is 0 Å².